The highest BCUT2D eigenvalue weighted by Gasteiger charge is 2.25. The molecule has 4 nitrogen and oxygen atoms in total. The van der Waals surface area contributed by atoms with Gasteiger partial charge < -0.3 is 10.6 Å². The standard InChI is InChI=1S/C10H15ClN4S/c1-16-6-7-3-2-4-15(7)9-5-8(11)13-10(12)14-9/h5,7H,2-4,6H2,1H3,(H2,12,13,14). The lowest BCUT2D eigenvalue weighted by Crippen LogP contribution is -2.32. The summed E-state index contributed by atoms with van der Waals surface area (Å²) in [5.74, 6) is 2.22. The van der Waals surface area contributed by atoms with E-state index < -0.39 is 0 Å². The second-order valence-corrected chi connectivity index (χ2v) is 5.15. The van der Waals surface area contributed by atoms with Crippen LogP contribution in [0, 0.1) is 0 Å². The number of aromatic nitrogens is 2. The van der Waals surface area contributed by atoms with Crippen molar-refractivity contribution in [3.8, 4) is 0 Å². The van der Waals surface area contributed by atoms with E-state index in [9.17, 15) is 0 Å². The van der Waals surface area contributed by atoms with E-state index in [-0.39, 0.29) is 5.95 Å². The van der Waals surface area contributed by atoms with Gasteiger partial charge in [-0.2, -0.15) is 16.7 Å². The average Bonchev–Trinajstić information content (AvgIpc) is 2.65. The van der Waals surface area contributed by atoms with Crippen molar-refractivity contribution in [1.82, 2.24) is 9.97 Å². The normalized spacial score (nSPS) is 20.4. The largest absolute Gasteiger partial charge is 0.368 e. The monoisotopic (exact) mass is 258 g/mol. The second kappa shape index (κ2) is 5.10. The van der Waals surface area contributed by atoms with E-state index in [1.807, 2.05) is 11.8 Å². The van der Waals surface area contributed by atoms with Crippen LogP contribution in [-0.4, -0.2) is 34.6 Å². The summed E-state index contributed by atoms with van der Waals surface area (Å²) in [6.07, 6.45) is 4.53. The molecule has 1 atom stereocenters. The molecule has 1 fully saturated rings. The third kappa shape index (κ3) is 2.52. The Balaban J connectivity index is 2.21. The third-order valence-electron chi connectivity index (χ3n) is 2.73. The van der Waals surface area contributed by atoms with E-state index in [4.69, 9.17) is 17.3 Å². The van der Waals surface area contributed by atoms with Crippen molar-refractivity contribution in [2.75, 3.05) is 29.2 Å². The summed E-state index contributed by atoms with van der Waals surface area (Å²) in [7, 11) is 0. The van der Waals surface area contributed by atoms with Crippen LogP contribution in [0.2, 0.25) is 5.15 Å². The molecule has 0 amide bonds. The van der Waals surface area contributed by atoms with E-state index in [2.05, 4.69) is 21.1 Å². The topological polar surface area (TPSA) is 55.0 Å². The molecule has 0 radical (unpaired) electrons. The van der Waals surface area contributed by atoms with Crippen molar-refractivity contribution >= 4 is 35.1 Å². The lowest BCUT2D eigenvalue weighted by Gasteiger charge is -2.25. The van der Waals surface area contributed by atoms with Crippen LogP contribution < -0.4 is 10.6 Å². The van der Waals surface area contributed by atoms with E-state index >= 15 is 0 Å². The molecule has 2 rings (SSSR count). The molecule has 16 heavy (non-hydrogen) atoms. The van der Waals surface area contributed by atoms with Gasteiger partial charge in [0, 0.05) is 24.4 Å². The molecule has 1 aromatic rings. The number of nitrogens with two attached hydrogens (primary N) is 1. The van der Waals surface area contributed by atoms with Crippen LogP contribution in [0.15, 0.2) is 6.07 Å². The molecule has 88 valence electrons. The maximum atomic E-state index is 5.89. The van der Waals surface area contributed by atoms with Crippen molar-refractivity contribution in [3.05, 3.63) is 11.2 Å². The lowest BCUT2D eigenvalue weighted by atomic mass is 10.2. The van der Waals surface area contributed by atoms with Crippen molar-refractivity contribution in [2.45, 2.75) is 18.9 Å². The Morgan fingerprint density at radius 3 is 3.12 bits per heavy atom. The van der Waals surface area contributed by atoms with Crippen molar-refractivity contribution < 1.29 is 0 Å². The number of anilines is 2. The zero-order chi connectivity index (χ0) is 11.5. The van der Waals surface area contributed by atoms with Crippen LogP contribution >= 0.6 is 23.4 Å². The van der Waals surface area contributed by atoms with Gasteiger partial charge in [-0.05, 0) is 19.1 Å². The molecule has 0 saturated carbocycles. The first kappa shape index (κ1) is 11.8. The molecule has 1 saturated heterocycles. The lowest BCUT2D eigenvalue weighted by molar-refractivity contribution is 0.737. The predicted octanol–water partition coefficient (Wildman–Crippen LogP) is 2.04. The van der Waals surface area contributed by atoms with Gasteiger partial charge in [-0.3, -0.25) is 0 Å². The van der Waals surface area contributed by atoms with Gasteiger partial charge in [0.05, 0.1) is 0 Å². The number of nitrogen functional groups attached to an aromatic ring is 1. The Morgan fingerprint density at radius 2 is 2.44 bits per heavy atom. The number of thioether (sulfide) groups is 1. The fourth-order valence-corrected chi connectivity index (χ4v) is 2.99. The van der Waals surface area contributed by atoms with E-state index in [0.717, 1.165) is 18.1 Å². The summed E-state index contributed by atoms with van der Waals surface area (Å²) in [5.41, 5.74) is 5.61. The van der Waals surface area contributed by atoms with Crippen LogP contribution in [0.3, 0.4) is 0 Å². The first-order valence-corrected chi connectivity index (χ1v) is 7.03. The van der Waals surface area contributed by atoms with Crippen LogP contribution in [0.25, 0.3) is 0 Å². The summed E-state index contributed by atoms with van der Waals surface area (Å²) in [5, 5.41) is 0.414. The van der Waals surface area contributed by atoms with Gasteiger partial charge in [-0.25, -0.2) is 4.98 Å². The van der Waals surface area contributed by atoms with E-state index in [0.29, 0.717) is 11.2 Å². The quantitative estimate of drug-likeness (QED) is 0.841. The third-order valence-corrected chi connectivity index (χ3v) is 3.64. The number of hydrogen-bond acceptors (Lipinski definition) is 5. The van der Waals surface area contributed by atoms with Gasteiger partial charge in [0.2, 0.25) is 5.95 Å². The smallest absolute Gasteiger partial charge is 0.223 e. The van der Waals surface area contributed by atoms with Crippen LogP contribution in [0.1, 0.15) is 12.8 Å². The minimum absolute atomic E-state index is 0.248. The molecule has 0 bridgehead atoms. The zero-order valence-electron chi connectivity index (χ0n) is 9.19. The molecule has 2 N–H and O–H groups in total. The molecular formula is C10H15ClN4S. The highest BCUT2D eigenvalue weighted by atomic mass is 35.5. The molecule has 0 spiro atoms. The number of halogens is 1. The summed E-state index contributed by atoms with van der Waals surface area (Å²) in [6, 6.07) is 2.33. The highest BCUT2D eigenvalue weighted by Crippen LogP contribution is 2.27. The summed E-state index contributed by atoms with van der Waals surface area (Å²) >= 11 is 7.75. The molecule has 0 aromatic carbocycles. The maximum Gasteiger partial charge on any atom is 0.223 e. The molecule has 2 heterocycles. The fourth-order valence-electron chi connectivity index (χ4n) is 2.07. The SMILES string of the molecule is CSCC1CCCN1c1cc(Cl)nc(N)n1. The van der Waals surface area contributed by atoms with Crippen LogP contribution in [-0.2, 0) is 0 Å². The van der Waals surface area contributed by atoms with Crippen LogP contribution in [0.4, 0.5) is 11.8 Å². The Hall–Kier alpha value is -0.680. The molecule has 1 aliphatic rings. The summed E-state index contributed by atoms with van der Waals surface area (Å²) < 4.78 is 0. The first-order chi connectivity index (χ1) is 7.70. The van der Waals surface area contributed by atoms with Gasteiger partial charge in [0.25, 0.3) is 0 Å². The average molecular weight is 259 g/mol. The molecule has 1 aromatic heterocycles. The van der Waals surface area contributed by atoms with Gasteiger partial charge >= 0.3 is 0 Å². The van der Waals surface area contributed by atoms with E-state index in [1.165, 1.54) is 12.8 Å². The Bertz CT molecular complexity index is 354. The minimum atomic E-state index is 0.248. The maximum absolute atomic E-state index is 5.89. The first-order valence-electron chi connectivity index (χ1n) is 5.26. The zero-order valence-corrected chi connectivity index (χ0v) is 10.8. The van der Waals surface area contributed by atoms with Gasteiger partial charge in [-0.15, -0.1) is 0 Å². The number of nitrogens with zero attached hydrogens (tertiary/aromatic N) is 3. The fraction of sp³-hybridized carbons (Fsp3) is 0.600. The van der Waals surface area contributed by atoms with Crippen molar-refractivity contribution in [2.24, 2.45) is 0 Å². The van der Waals surface area contributed by atoms with Crippen LogP contribution in [0.5, 0.6) is 0 Å². The Morgan fingerprint density at radius 1 is 1.62 bits per heavy atom. The van der Waals surface area contributed by atoms with Gasteiger partial charge in [-0.1, -0.05) is 11.6 Å². The predicted molar refractivity (Wildman–Crippen MR) is 70.2 cm³/mol. The Labute approximate surface area is 105 Å². The van der Waals surface area contributed by atoms with Gasteiger partial charge in [0.15, 0.2) is 0 Å². The van der Waals surface area contributed by atoms with E-state index in [1.54, 1.807) is 6.07 Å². The second-order valence-electron chi connectivity index (χ2n) is 3.85. The molecule has 0 aliphatic carbocycles. The summed E-state index contributed by atoms with van der Waals surface area (Å²) in [4.78, 5) is 10.4. The minimum Gasteiger partial charge on any atom is -0.368 e. The molecular weight excluding hydrogens is 244 g/mol. The summed E-state index contributed by atoms with van der Waals surface area (Å²) in [6.45, 7) is 1.03. The van der Waals surface area contributed by atoms with Crippen molar-refractivity contribution in [3.63, 3.8) is 0 Å². The Kier molecular flexibility index (Phi) is 3.76. The highest BCUT2D eigenvalue weighted by molar-refractivity contribution is 7.98. The number of rotatable bonds is 3. The molecule has 1 unspecified atom stereocenters. The van der Waals surface area contributed by atoms with Crippen molar-refractivity contribution in [1.29, 1.82) is 0 Å². The molecule has 6 heteroatoms. The van der Waals surface area contributed by atoms with Gasteiger partial charge in [0.1, 0.15) is 11.0 Å². The number of hydrogen-bond donors (Lipinski definition) is 1. The molecule has 1 aliphatic heterocycles.